The summed E-state index contributed by atoms with van der Waals surface area (Å²) in [4.78, 5) is 17.4. The Balaban J connectivity index is 1.66. The minimum atomic E-state index is -2.55. The molecule has 3 nitrogen and oxygen atoms in total. The second kappa shape index (κ2) is 5.43. The Morgan fingerprint density at radius 1 is 1.00 bits per heavy atom. The van der Waals surface area contributed by atoms with Gasteiger partial charge in [-0.2, -0.15) is 0 Å². The molecule has 0 spiro atoms. The maximum absolute atomic E-state index is 13.3. The Morgan fingerprint density at radius 2 is 1.50 bits per heavy atom. The van der Waals surface area contributed by atoms with Crippen LogP contribution in [0.25, 0.3) is 0 Å². The summed E-state index contributed by atoms with van der Waals surface area (Å²) in [7, 11) is 0. The van der Waals surface area contributed by atoms with E-state index in [1.807, 2.05) is 0 Å². The van der Waals surface area contributed by atoms with Gasteiger partial charge in [0.25, 0.3) is 0 Å². The maximum atomic E-state index is 13.3. The van der Waals surface area contributed by atoms with Crippen molar-refractivity contribution >= 4 is 5.91 Å². The molecular formula is C17H28F2N2O. The molecule has 3 aliphatic rings. The van der Waals surface area contributed by atoms with E-state index >= 15 is 0 Å². The molecule has 2 atom stereocenters. The van der Waals surface area contributed by atoms with Gasteiger partial charge >= 0.3 is 0 Å². The highest BCUT2D eigenvalue weighted by atomic mass is 19.3. The summed E-state index contributed by atoms with van der Waals surface area (Å²) >= 11 is 0. The molecule has 5 heteroatoms. The van der Waals surface area contributed by atoms with E-state index in [0.717, 1.165) is 25.9 Å². The summed E-state index contributed by atoms with van der Waals surface area (Å²) in [5.41, 5.74) is 0.128. The quantitative estimate of drug-likeness (QED) is 0.741. The fourth-order valence-corrected chi connectivity index (χ4v) is 4.31. The largest absolute Gasteiger partial charge is 0.334 e. The van der Waals surface area contributed by atoms with E-state index in [1.54, 1.807) is 0 Å². The Labute approximate surface area is 132 Å². The first-order chi connectivity index (χ1) is 10.2. The predicted octanol–water partition coefficient (Wildman–Crippen LogP) is 3.29. The van der Waals surface area contributed by atoms with Gasteiger partial charge in [-0.25, -0.2) is 8.78 Å². The van der Waals surface area contributed by atoms with Crippen molar-refractivity contribution in [1.29, 1.82) is 0 Å². The molecule has 3 rings (SSSR count). The Morgan fingerprint density at radius 3 is 1.95 bits per heavy atom. The third-order valence-electron chi connectivity index (χ3n) is 5.75. The Hall–Kier alpha value is -0.710. The van der Waals surface area contributed by atoms with Gasteiger partial charge < -0.3 is 4.90 Å². The van der Waals surface area contributed by atoms with E-state index in [1.165, 1.54) is 0 Å². The number of amides is 1. The molecule has 2 bridgehead atoms. The number of carbonyl (C=O) groups excluding carboxylic acids is 1. The standard InChI is InChI=1S/C17H28F2N2O/c1-16(2,3)20-10-13-4-5-14(11-20)21(13)15(22)12-6-8-17(18,19)9-7-12/h12-14H,4-11H2,1-3H3. The number of halogens is 2. The highest BCUT2D eigenvalue weighted by molar-refractivity contribution is 5.80. The van der Waals surface area contributed by atoms with Gasteiger partial charge in [-0.3, -0.25) is 9.69 Å². The number of likely N-dealkylation sites (tertiary alicyclic amines) is 1. The number of hydrogen-bond donors (Lipinski definition) is 0. The van der Waals surface area contributed by atoms with Gasteiger partial charge in [0, 0.05) is 49.5 Å². The van der Waals surface area contributed by atoms with Crippen LogP contribution in [0.2, 0.25) is 0 Å². The van der Waals surface area contributed by atoms with Crippen LogP contribution in [0.5, 0.6) is 0 Å². The molecule has 2 saturated heterocycles. The number of hydrogen-bond acceptors (Lipinski definition) is 2. The third kappa shape index (κ3) is 3.01. The van der Waals surface area contributed by atoms with Crippen LogP contribution in [-0.2, 0) is 4.79 Å². The van der Waals surface area contributed by atoms with Crippen LogP contribution in [0.4, 0.5) is 8.78 Å². The average molecular weight is 314 g/mol. The van der Waals surface area contributed by atoms with Gasteiger partial charge in [-0.15, -0.1) is 0 Å². The average Bonchev–Trinajstić information content (AvgIpc) is 2.66. The topological polar surface area (TPSA) is 23.6 Å². The van der Waals surface area contributed by atoms with E-state index in [4.69, 9.17) is 0 Å². The smallest absolute Gasteiger partial charge is 0.248 e. The molecule has 1 aliphatic carbocycles. The second-order valence-electron chi connectivity index (χ2n) is 8.34. The van der Waals surface area contributed by atoms with Crippen molar-refractivity contribution < 1.29 is 13.6 Å². The molecule has 0 N–H and O–H groups in total. The highest BCUT2D eigenvalue weighted by Gasteiger charge is 2.47. The minimum Gasteiger partial charge on any atom is -0.334 e. The normalized spacial score (nSPS) is 33.2. The molecule has 1 saturated carbocycles. The summed E-state index contributed by atoms with van der Waals surface area (Å²) < 4.78 is 26.6. The van der Waals surface area contributed by atoms with Gasteiger partial charge in [-0.05, 0) is 46.5 Å². The van der Waals surface area contributed by atoms with E-state index in [-0.39, 0.29) is 42.3 Å². The highest BCUT2D eigenvalue weighted by Crippen LogP contribution is 2.40. The van der Waals surface area contributed by atoms with Gasteiger partial charge in [0.2, 0.25) is 11.8 Å². The van der Waals surface area contributed by atoms with Gasteiger partial charge in [0.1, 0.15) is 0 Å². The fourth-order valence-electron chi connectivity index (χ4n) is 4.31. The van der Waals surface area contributed by atoms with Gasteiger partial charge in [0.15, 0.2) is 0 Å². The number of piperazine rings is 1. The molecule has 0 aromatic heterocycles. The van der Waals surface area contributed by atoms with Gasteiger partial charge in [0.05, 0.1) is 0 Å². The van der Waals surface area contributed by atoms with Crippen molar-refractivity contribution in [2.75, 3.05) is 13.1 Å². The summed E-state index contributed by atoms with van der Waals surface area (Å²) in [6, 6.07) is 0.570. The number of nitrogens with zero attached hydrogens (tertiary/aromatic N) is 2. The van der Waals surface area contributed by atoms with Crippen molar-refractivity contribution in [3.05, 3.63) is 0 Å². The molecule has 2 unspecified atom stereocenters. The van der Waals surface area contributed by atoms with Crippen LogP contribution in [0, 0.1) is 5.92 Å². The zero-order valence-electron chi connectivity index (χ0n) is 13.9. The van der Waals surface area contributed by atoms with Gasteiger partial charge in [-0.1, -0.05) is 0 Å². The number of fused-ring (bicyclic) bond motifs is 2. The zero-order valence-corrected chi connectivity index (χ0v) is 13.9. The van der Waals surface area contributed by atoms with E-state index in [9.17, 15) is 13.6 Å². The molecule has 2 aliphatic heterocycles. The summed E-state index contributed by atoms with van der Waals surface area (Å²) in [5.74, 6) is -2.58. The third-order valence-corrected chi connectivity index (χ3v) is 5.75. The van der Waals surface area contributed by atoms with E-state index in [0.29, 0.717) is 12.8 Å². The second-order valence-corrected chi connectivity index (χ2v) is 8.34. The van der Waals surface area contributed by atoms with Crippen molar-refractivity contribution in [3.8, 4) is 0 Å². The first-order valence-electron chi connectivity index (χ1n) is 8.62. The maximum Gasteiger partial charge on any atom is 0.248 e. The van der Waals surface area contributed by atoms with E-state index in [2.05, 4.69) is 30.6 Å². The lowest BCUT2D eigenvalue weighted by molar-refractivity contribution is -0.146. The molecule has 0 radical (unpaired) electrons. The summed E-state index contributed by atoms with van der Waals surface area (Å²) in [5, 5.41) is 0. The minimum absolute atomic E-state index is 0.124. The Kier molecular flexibility index (Phi) is 3.99. The summed E-state index contributed by atoms with van der Waals surface area (Å²) in [6.07, 6.45) is 2.58. The van der Waals surface area contributed by atoms with Crippen LogP contribution >= 0.6 is 0 Å². The van der Waals surface area contributed by atoms with Crippen LogP contribution in [0.3, 0.4) is 0 Å². The lowest BCUT2D eigenvalue weighted by atomic mass is 9.85. The zero-order chi connectivity index (χ0) is 16.1. The first-order valence-corrected chi connectivity index (χ1v) is 8.62. The van der Waals surface area contributed by atoms with E-state index < -0.39 is 5.92 Å². The SMILES string of the molecule is CC(C)(C)N1CC2CCC(C1)N2C(=O)C1CCC(F)(F)CC1. The lowest BCUT2D eigenvalue weighted by Crippen LogP contribution is -2.61. The summed E-state index contributed by atoms with van der Waals surface area (Å²) in [6.45, 7) is 8.50. The number of carbonyl (C=O) groups is 1. The van der Waals surface area contributed by atoms with Crippen LogP contribution < -0.4 is 0 Å². The molecule has 0 aromatic rings. The molecule has 22 heavy (non-hydrogen) atoms. The monoisotopic (exact) mass is 314 g/mol. The van der Waals surface area contributed by atoms with Crippen LogP contribution in [-0.4, -0.2) is 52.3 Å². The molecule has 126 valence electrons. The molecule has 3 fully saturated rings. The molecule has 1 amide bonds. The molecule has 0 aromatic carbocycles. The number of alkyl halides is 2. The molecular weight excluding hydrogens is 286 g/mol. The van der Waals surface area contributed by atoms with Crippen molar-refractivity contribution in [2.24, 2.45) is 5.92 Å². The lowest BCUT2D eigenvalue weighted by Gasteiger charge is -2.47. The fraction of sp³-hybridized carbons (Fsp3) is 0.941. The first kappa shape index (κ1) is 16.2. The number of rotatable bonds is 1. The van der Waals surface area contributed by atoms with Crippen molar-refractivity contribution in [1.82, 2.24) is 9.80 Å². The molecule has 2 heterocycles. The van der Waals surface area contributed by atoms with Crippen molar-refractivity contribution in [2.45, 2.75) is 82.8 Å². The Bertz CT molecular complexity index is 422. The predicted molar refractivity (Wildman–Crippen MR) is 81.9 cm³/mol. The van der Waals surface area contributed by atoms with Crippen LogP contribution in [0.15, 0.2) is 0 Å². The van der Waals surface area contributed by atoms with Crippen molar-refractivity contribution in [3.63, 3.8) is 0 Å². The van der Waals surface area contributed by atoms with Crippen LogP contribution in [0.1, 0.15) is 59.3 Å².